The van der Waals surface area contributed by atoms with Crippen LogP contribution in [0.3, 0.4) is 0 Å². The predicted molar refractivity (Wildman–Crippen MR) is 59.2 cm³/mol. The Morgan fingerprint density at radius 1 is 1.36 bits per heavy atom. The molecule has 0 bridgehead atoms. The molecule has 14 heavy (non-hydrogen) atoms. The second kappa shape index (κ2) is 5.73. The first-order valence-corrected chi connectivity index (χ1v) is 4.96. The van der Waals surface area contributed by atoms with E-state index in [4.69, 9.17) is 0 Å². The molecule has 1 heterocycles. The molecule has 0 unspecified atom stereocenters. The molecular formula is C11H19N3. The van der Waals surface area contributed by atoms with Gasteiger partial charge >= 0.3 is 0 Å². The summed E-state index contributed by atoms with van der Waals surface area (Å²) in [6.07, 6.45) is 0. The number of rotatable bonds is 5. The number of hydrogen-bond donors (Lipinski definition) is 1. The molecule has 1 aromatic rings. The SMILES string of the molecule is Cc1cccc(CNCCN(C)C)n1. The van der Waals surface area contributed by atoms with Gasteiger partial charge in [0.1, 0.15) is 0 Å². The largest absolute Gasteiger partial charge is 0.310 e. The average Bonchev–Trinajstić information content (AvgIpc) is 2.12. The second-order valence-corrected chi connectivity index (χ2v) is 3.75. The molecule has 1 rings (SSSR count). The minimum atomic E-state index is 0.857. The molecule has 0 amide bonds. The summed E-state index contributed by atoms with van der Waals surface area (Å²) < 4.78 is 0. The van der Waals surface area contributed by atoms with Crippen molar-refractivity contribution in [2.45, 2.75) is 13.5 Å². The van der Waals surface area contributed by atoms with Crippen LogP contribution in [0.5, 0.6) is 0 Å². The molecule has 0 radical (unpaired) electrons. The second-order valence-electron chi connectivity index (χ2n) is 3.75. The van der Waals surface area contributed by atoms with Gasteiger partial charge in [-0.1, -0.05) is 6.07 Å². The van der Waals surface area contributed by atoms with Crippen molar-refractivity contribution in [1.82, 2.24) is 15.2 Å². The van der Waals surface area contributed by atoms with Gasteiger partial charge in [0.05, 0.1) is 5.69 Å². The first-order chi connectivity index (χ1) is 6.68. The molecule has 1 aromatic heterocycles. The van der Waals surface area contributed by atoms with Gasteiger partial charge in [0.2, 0.25) is 0 Å². The summed E-state index contributed by atoms with van der Waals surface area (Å²) in [5.74, 6) is 0. The summed E-state index contributed by atoms with van der Waals surface area (Å²) in [6, 6.07) is 6.12. The lowest BCUT2D eigenvalue weighted by Gasteiger charge is -2.10. The molecule has 0 fully saturated rings. The van der Waals surface area contributed by atoms with Crippen LogP contribution in [-0.2, 0) is 6.54 Å². The van der Waals surface area contributed by atoms with E-state index in [1.807, 2.05) is 19.1 Å². The van der Waals surface area contributed by atoms with Crippen LogP contribution in [0.1, 0.15) is 11.4 Å². The van der Waals surface area contributed by atoms with E-state index in [0.717, 1.165) is 31.0 Å². The number of pyridine rings is 1. The van der Waals surface area contributed by atoms with Crippen molar-refractivity contribution >= 4 is 0 Å². The first-order valence-electron chi connectivity index (χ1n) is 4.96. The molecule has 0 spiro atoms. The Morgan fingerprint density at radius 3 is 2.79 bits per heavy atom. The monoisotopic (exact) mass is 193 g/mol. The molecule has 0 saturated carbocycles. The molecule has 0 atom stereocenters. The average molecular weight is 193 g/mol. The highest BCUT2D eigenvalue weighted by Gasteiger charge is 1.94. The van der Waals surface area contributed by atoms with E-state index < -0.39 is 0 Å². The van der Waals surface area contributed by atoms with E-state index in [2.05, 4.69) is 35.4 Å². The summed E-state index contributed by atoms with van der Waals surface area (Å²) >= 11 is 0. The zero-order valence-corrected chi connectivity index (χ0v) is 9.25. The Morgan fingerprint density at radius 2 is 2.14 bits per heavy atom. The maximum absolute atomic E-state index is 4.41. The van der Waals surface area contributed by atoms with Crippen LogP contribution in [0.4, 0.5) is 0 Å². The van der Waals surface area contributed by atoms with Gasteiger partial charge in [-0.2, -0.15) is 0 Å². The zero-order chi connectivity index (χ0) is 10.4. The Kier molecular flexibility index (Phi) is 4.56. The van der Waals surface area contributed by atoms with Crippen molar-refractivity contribution in [3.05, 3.63) is 29.6 Å². The quantitative estimate of drug-likeness (QED) is 0.708. The lowest BCUT2D eigenvalue weighted by Crippen LogP contribution is -2.26. The van der Waals surface area contributed by atoms with Crippen LogP contribution < -0.4 is 5.32 Å². The predicted octanol–water partition coefficient (Wildman–Crippen LogP) is 1.04. The van der Waals surface area contributed by atoms with E-state index in [0.29, 0.717) is 0 Å². The van der Waals surface area contributed by atoms with E-state index >= 15 is 0 Å². The van der Waals surface area contributed by atoms with Gasteiger partial charge in [0.25, 0.3) is 0 Å². The van der Waals surface area contributed by atoms with Crippen molar-refractivity contribution in [2.24, 2.45) is 0 Å². The summed E-state index contributed by atoms with van der Waals surface area (Å²) in [5, 5.41) is 3.36. The van der Waals surface area contributed by atoms with Crippen molar-refractivity contribution in [2.75, 3.05) is 27.2 Å². The normalized spacial score (nSPS) is 10.9. The number of aryl methyl sites for hydroxylation is 1. The van der Waals surface area contributed by atoms with Crippen molar-refractivity contribution in [3.63, 3.8) is 0 Å². The lowest BCUT2D eigenvalue weighted by atomic mass is 10.3. The van der Waals surface area contributed by atoms with Crippen molar-refractivity contribution < 1.29 is 0 Å². The Hall–Kier alpha value is -0.930. The summed E-state index contributed by atoms with van der Waals surface area (Å²) in [4.78, 5) is 6.58. The van der Waals surface area contributed by atoms with Gasteiger partial charge in [-0.3, -0.25) is 4.98 Å². The van der Waals surface area contributed by atoms with Crippen molar-refractivity contribution in [1.29, 1.82) is 0 Å². The number of likely N-dealkylation sites (N-methyl/N-ethyl adjacent to an activating group) is 1. The number of hydrogen-bond acceptors (Lipinski definition) is 3. The molecule has 0 aliphatic carbocycles. The third kappa shape index (κ3) is 4.35. The van der Waals surface area contributed by atoms with E-state index in [1.165, 1.54) is 0 Å². The van der Waals surface area contributed by atoms with Gasteiger partial charge < -0.3 is 10.2 Å². The van der Waals surface area contributed by atoms with Crippen LogP contribution in [0.2, 0.25) is 0 Å². The fraction of sp³-hybridized carbons (Fsp3) is 0.545. The molecule has 0 aliphatic heterocycles. The molecule has 3 heteroatoms. The van der Waals surface area contributed by atoms with Gasteiger partial charge in [0, 0.05) is 25.3 Å². The third-order valence-electron chi connectivity index (χ3n) is 1.99. The number of nitrogens with zero attached hydrogens (tertiary/aromatic N) is 2. The van der Waals surface area contributed by atoms with Gasteiger partial charge in [-0.15, -0.1) is 0 Å². The van der Waals surface area contributed by atoms with Crippen LogP contribution in [-0.4, -0.2) is 37.1 Å². The standard InChI is InChI=1S/C11H19N3/c1-10-5-4-6-11(13-10)9-12-7-8-14(2)3/h4-6,12H,7-9H2,1-3H3. The maximum atomic E-state index is 4.41. The molecule has 0 aromatic carbocycles. The molecule has 0 saturated heterocycles. The zero-order valence-electron chi connectivity index (χ0n) is 9.25. The van der Waals surface area contributed by atoms with Crippen LogP contribution in [0.25, 0.3) is 0 Å². The minimum absolute atomic E-state index is 0.857. The van der Waals surface area contributed by atoms with Crippen LogP contribution in [0, 0.1) is 6.92 Å². The maximum Gasteiger partial charge on any atom is 0.0544 e. The highest BCUT2D eigenvalue weighted by molar-refractivity contribution is 5.09. The highest BCUT2D eigenvalue weighted by atomic mass is 15.1. The molecule has 78 valence electrons. The van der Waals surface area contributed by atoms with Gasteiger partial charge in [0.15, 0.2) is 0 Å². The highest BCUT2D eigenvalue weighted by Crippen LogP contribution is 1.96. The van der Waals surface area contributed by atoms with Gasteiger partial charge in [-0.25, -0.2) is 0 Å². The Labute approximate surface area is 86.2 Å². The van der Waals surface area contributed by atoms with Gasteiger partial charge in [-0.05, 0) is 33.2 Å². The summed E-state index contributed by atoms with van der Waals surface area (Å²) in [6.45, 7) is 4.94. The Balaban J connectivity index is 2.25. The molecule has 3 nitrogen and oxygen atoms in total. The molecule has 0 aliphatic rings. The van der Waals surface area contributed by atoms with E-state index in [9.17, 15) is 0 Å². The fourth-order valence-corrected chi connectivity index (χ4v) is 1.22. The number of aromatic nitrogens is 1. The topological polar surface area (TPSA) is 28.2 Å². The summed E-state index contributed by atoms with van der Waals surface area (Å²) in [5.41, 5.74) is 2.20. The van der Waals surface area contributed by atoms with Crippen LogP contribution in [0.15, 0.2) is 18.2 Å². The number of nitrogens with one attached hydrogen (secondary N) is 1. The third-order valence-corrected chi connectivity index (χ3v) is 1.99. The smallest absolute Gasteiger partial charge is 0.0544 e. The molecular weight excluding hydrogens is 174 g/mol. The fourth-order valence-electron chi connectivity index (χ4n) is 1.22. The summed E-state index contributed by atoms with van der Waals surface area (Å²) in [7, 11) is 4.15. The van der Waals surface area contributed by atoms with E-state index in [-0.39, 0.29) is 0 Å². The Bertz CT molecular complexity index is 271. The van der Waals surface area contributed by atoms with Crippen LogP contribution >= 0.6 is 0 Å². The minimum Gasteiger partial charge on any atom is -0.310 e. The van der Waals surface area contributed by atoms with E-state index in [1.54, 1.807) is 0 Å². The first kappa shape index (κ1) is 11.1. The lowest BCUT2D eigenvalue weighted by molar-refractivity contribution is 0.399. The van der Waals surface area contributed by atoms with Crippen molar-refractivity contribution in [3.8, 4) is 0 Å². The molecule has 1 N–H and O–H groups in total.